The highest BCUT2D eigenvalue weighted by Gasteiger charge is 2.06. The standard InChI is InChI=1S/C16H15Cl2NO4/c1-2-15(20)22-8-7-21-12-3-5-13(6-4-12)23-16-14(18)9-11(17)10-19-16/h3-6,9-10H,2,7-8H2,1H3. The second kappa shape index (κ2) is 8.60. The van der Waals surface area contributed by atoms with Gasteiger partial charge in [-0.1, -0.05) is 30.1 Å². The number of hydrogen-bond donors (Lipinski definition) is 0. The van der Waals surface area contributed by atoms with E-state index < -0.39 is 0 Å². The van der Waals surface area contributed by atoms with E-state index in [2.05, 4.69) is 4.98 Å². The predicted octanol–water partition coefficient (Wildman–Crippen LogP) is 4.51. The van der Waals surface area contributed by atoms with E-state index in [1.54, 1.807) is 37.3 Å². The summed E-state index contributed by atoms with van der Waals surface area (Å²) in [6.45, 7) is 2.25. The SMILES string of the molecule is CCC(=O)OCCOc1ccc(Oc2ncc(Cl)cc2Cl)cc1. The normalized spacial score (nSPS) is 10.2. The fourth-order valence-corrected chi connectivity index (χ4v) is 2.03. The van der Waals surface area contributed by atoms with Crippen LogP contribution in [-0.2, 0) is 9.53 Å². The van der Waals surface area contributed by atoms with Crippen LogP contribution in [0.2, 0.25) is 10.0 Å². The lowest BCUT2D eigenvalue weighted by atomic mass is 10.3. The van der Waals surface area contributed by atoms with Crippen molar-refractivity contribution in [1.29, 1.82) is 0 Å². The van der Waals surface area contributed by atoms with Crippen molar-refractivity contribution >= 4 is 29.2 Å². The molecule has 0 unspecified atom stereocenters. The summed E-state index contributed by atoms with van der Waals surface area (Å²) in [7, 11) is 0. The lowest BCUT2D eigenvalue weighted by molar-refractivity contribution is -0.143. The molecule has 0 aliphatic heterocycles. The van der Waals surface area contributed by atoms with Crippen LogP contribution in [0.3, 0.4) is 0 Å². The maximum atomic E-state index is 11.0. The van der Waals surface area contributed by atoms with Crippen LogP contribution in [0.5, 0.6) is 17.4 Å². The summed E-state index contributed by atoms with van der Waals surface area (Å²) in [5.74, 6) is 1.23. The molecular formula is C16H15Cl2NO4. The summed E-state index contributed by atoms with van der Waals surface area (Å²) in [4.78, 5) is 15.0. The Morgan fingerprint density at radius 1 is 1.13 bits per heavy atom. The van der Waals surface area contributed by atoms with E-state index >= 15 is 0 Å². The van der Waals surface area contributed by atoms with E-state index in [4.69, 9.17) is 37.4 Å². The Kier molecular flexibility index (Phi) is 6.50. The number of aromatic nitrogens is 1. The largest absolute Gasteiger partial charge is 0.490 e. The number of esters is 1. The molecule has 0 radical (unpaired) electrons. The summed E-state index contributed by atoms with van der Waals surface area (Å²) in [6, 6.07) is 8.47. The molecule has 0 amide bonds. The maximum Gasteiger partial charge on any atom is 0.305 e. The zero-order valence-electron chi connectivity index (χ0n) is 12.4. The molecule has 0 atom stereocenters. The first kappa shape index (κ1) is 17.4. The molecule has 0 fully saturated rings. The van der Waals surface area contributed by atoms with Crippen LogP contribution in [0.1, 0.15) is 13.3 Å². The number of pyridine rings is 1. The van der Waals surface area contributed by atoms with Crippen LogP contribution in [0, 0.1) is 0 Å². The van der Waals surface area contributed by atoms with Crippen molar-refractivity contribution in [3.63, 3.8) is 0 Å². The predicted molar refractivity (Wildman–Crippen MR) is 87.5 cm³/mol. The zero-order valence-corrected chi connectivity index (χ0v) is 13.9. The number of carbonyl (C=O) groups is 1. The van der Waals surface area contributed by atoms with Crippen LogP contribution >= 0.6 is 23.2 Å². The molecule has 1 heterocycles. The molecule has 0 bridgehead atoms. The van der Waals surface area contributed by atoms with Gasteiger partial charge in [-0.25, -0.2) is 4.98 Å². The van der Waals surface area contributed by atoms with Crippen molar-refractivity contribution < 1.29 is 19.0 Å². The molecule has 0 saturated carbocycles. The molecule has 122 valence electrons. The molecule has 2 rings (SSSR count). The molecule has 1 aromatic heterocycles. The van der Waals surface area contributed by atoms with Gasteiger partial charge in [-0.2, -0.15) is 0 Å². The van der Waals surface area contributed by atoms with Gasteiger partial charge < -0.3 is 14.2 Å². The van der Waals surface area contributed by atoms with Crippen molar-refractivity contribution in [3.8, 4) is 17.4 Å². The summed E-state index contributed by atoms with van der Waals surface area (Å²) in [6.07, 6.45) is 1.81. The Balaban J connectivity index is 1.85. The van der Waals surface area contributed by atoms with Gasteiger partial charge in [0.1, 0.15) is 29.7 Å². The Morgan fingerprint density at radius 2 is 1.83 bits per heavy atom. The summed E-state index contributed by atoms with van der Waals surface area (Å²) >= 11 is 11.8. The number of nitrogens with zero attached hydrogens (tertiary/aromatic N) is 1. The highest BCUT2D eigenvalue weighted by Crippen LogP contribution is 2.29. The van der Waals surface area contributed by atoms with Gasteiger partial charge in [0.25, 0.3) is 0 Å². The number of hydrogen-bond acceptors (Lipinski definition) is 5. The fraction of sp³-hybridized carbons (Fsp3) is 0.250. The van der Waals surface area contributed by atoms with E-state index in [1.165, 1.54) is 6.20 Å². The van der Waals surface area contributed by atoms with Crippen LogP contribution in [0.4, 0.5) is 0 Å². The van der Waals surface area contributed by atoms with E-state index in [-0.39, 0.29) is 25.1 Å². The Hall–Kier alpha value is -1.98. The third-order valence-corrected chi connectivity index (χ3v) is 3.19. The average Bonchev–Trinajstić information content (AvgIpc) is 2.55. The Bertz CT molecular complexity index is 662. The number of carbonyl (C=O) groups excluding carboxylic acids is 1. The minimum absolute atomic E-state index is 0.217. The lowest BCUT2D eigenvalue weighted by Crippen LogP contribution is -2.11. The Morgan fingerprint density at radius 3 is 2.48 bits per heavy atom. The van der Waals surface area contributed by atoms with Crippen LogP contribution < -0.4 is 9.47 Å². The fourth-order valence-electron chi connectivity index (χ4n) is 1.61. The van der Waals surface area contributed by atoms with Crippen LogP contribution in [-0.4, -0.2) is 24.2 Å². The first-order chi connectivity index (χ1) is 11.1. The minimum Gasteiger partial charge on any atom is -0.490 e. The minimum atomic E-state index is -0.246. The molecule has 0 N–H and O–H groups in total. The van der Waals surface area contributed by atoms with Crippen LogP contribution in [0.15, 0.2) is 36.5 Å². The van der Waals surface area contributed by atoms with Crippen molar-refractivity contribution in [1.82, 2.24) is 4.98 Å². The highest BCUT2D eigenvalue weighted by atomic mass is 35.5. The highest BCUT2D eigenvalue weighted by molar-refractivity contribution is 6.35. The van der Waals surface area contributed by atoms with Gasteiger partial charge in [-0.3, -0.25) is 4.79 Å². The van der Waals surface area contributed by atoms with E-state index in [1.807, 2.05) is 0 Å². The maximum absolute atomic E-state index is 11.0. The third-order valence-electron chi connectivity index (χ3n) is 2.72. The van der Waals surface area contributed by atoms with Gasteiger partial charge in [0.05, 0.1) is 5.02 Å². The molecule has 23 heavy (non-hydrogen) atoms. The van der Waals surface area contributed by atoms with Gasteiger partial charge in [0, 0.05) is 12.6 Å². The lowest BCUT2D eigenvalue weighted by Gasteiger charge is -2.09. The molecule has 1 aromatic carbocycles. The van der Waals surface area contributed by atoms with E-state index in [9.17, 15) is 4.79 Å². The van der Waals surface area contributed by atoms with Crippen molar-refractivity contribution in [2.75, 3.05) is 13.2 Å². The molecule has 5 nitrogen and oxygen atoms in total. The van der Waals surface area contributed by atoms with Crippen LogP contribution in [0.25, 0.3) is 0 Å². The molecule has 0 aliphatic rings. The number of rotatable bonds is 7. The van der Waals surface area contributed by atoms with Gasteiger partial charge in [0.2, 0.25) is 5.88 Å². The third kappa shape index (κ3) is 5.62. The quantitative estimate of drug-likeness (QED) is 0.540. The van der Waals surface area contributed by atoms with Gasteiger partial charge in [0.15, 0.2) is 0 Å². The van der Waals surface area contributed by atoms with E-state index in [0.717, 1.165) is 0 Å². The first-order valence-corrected chi connectivity index (χ1v) is 7.71. The average molecular weight is 356 g/mol. The van der Waals surface area contributed by atoms with Gasteiger partial charge in [-0.15, -0.1) is 0 Å². The Labute approximate surface area is 144 Å². The monoisotopic (exact) mass is 355 g/mol. The first-order valence-electron chi connectivity index (χ1n) is 6.96. The second-order valence-corrected chi connectivity index (χ2v) is 5.28. The topological polar surface area (TPSA) is 57.7 Å². The summed E-state index contributed by atoms with van der Waals surface area (Å²) in [5, 5.41) is 0.769. The molecular weight excluding hydrogens is 341 g/mol. The van der Waals surface area contributed by atoms with Crippen molar-refractivity contribution in [2.24, 2.45) is 0 Å². The molecule has 7 heteroatoms. The second-order valence-electron chi connectivity index (χ2n) is 4.44. The van der Waals surface area contributed by atoms with Crippen molar-refractivity contribution in [3.05, 3.63) is 46.6 Å². The number of halogens is 2. The summed E-state index contributed by atoms with van der Waals surface area (Å²) in [5.41, 5.74) is 0. The number of benzene rings is 1. The van der Waals surface area contributed by atoms with E-state index in [0.29, 0.717) is 28.0 Å². The molecule has 2 aromatic rings. The number of ether oxygens (including phenoxy) is 3. The molecule has 0 spiro atoms. The van der Waals surface area contributed by atoms with Crippen molar-refractivity contribution in [2.45, 2.75) is 13.3 Å². The smallest absolute Gasteiger partial charge is 0.305 e. The zero-order chi connectivity index (χ0) is 16.7. The summed E-state index contributed by atoms with van der Waals surface area (Å²) < 4.78 is 15.9. The van der Waals surface area contributed by atoms with Gasteiger partial charge in [-0.05, 0) is 30.3 Å². The molecule has 0 saturated heterocycles. The van der Waals surface area contributed by atoms with Gasteiger partial charge >= 0.3 is 5.97 Å². The molecule has 0 aliphatic carbocycles.